The highest BCUT2D eigenvalue weighted by Crippen LogP contribution is 2.61. The Labute approximate surface area is 396 Å². The molecule has 2 aliphatic heterocycles. The normalized spacial score (nSPS) is 19.8. The molecule has 3 heterocycles. The number of fused-ring (bicyclic) bond motifs is 15. The van der Waals surface area contributed by atoms with Crippen molar-refractivity contribution in [3.05, 3.63) is 136 Å². The van der Waals surface area contributed by atoms with Crippen LogP contribution in [0.4, 0.5) is 11.4 Å². The van der Waals surface area contributed by atoms with Crippen molar-refractivity contribution in [1.29, 1.82) is 0 Å². The molecular formula is C63H71BN2. The minimum absolute atomic E-state index is 0.0256. The van der Waals surface area contributed by atoms with Crippen molar-refractivity contribution in [3.63, 3.8) is 0 Å². The van der Waals surface area contributed by atoms with Crippen LogP contribution in [0.15, 0.2) is 91.0 Å². The van der Waals surface area contributed by atoms with Gasteiger partial charge in [-0.3, -0.25) is 0 Å². The van der Waals surface area contributed by atoms with E-state index in [-0.39, 0.29) is 44.8 Å². The maximum absolute atomic E-state index is 2.81. The van der Waals surface area contributed by atoms with Crippen molar-refractivity contribution < 1.29 is 0 Å². The maximum Gasteiger partial charge on any atom is 0.333 e. The summed E-state index contributed by atoms with van der Waals surface area (Å²) < 4.78 is 2.77. The number of hydrogen-bond donors (Lipinski definition) is 0. The Morgan fingerprint density at radius 2 is 1.05 bits per heavy atom. The van der Waals surface area contributed by atoms with E-state index in [2.05, 4.69) is 211 Å². The van der Waals surface area contributed by atoms with Crippen LogP contribution in [0.5, 0.6) is 0 Å². The van der Waals surface area contributed by atoms with Crippen LogP contribution < -0.4 is 15.7 Å². The van der Waals surface area contributed by atoms with E-state index in [4.69, 9.17) is 0 Å². The first-order valence-corrected chi connectivity index (χ1v) is 25.3. The van der Waals surface area contributed by atoms with Crippen molar-refractivity contribution in [2.24, 2.45) is 0 Å². The molecule has 3 aliphatic carbocycles. The Morgan fingerprint density at radius 3 is 1.65 bits per heavy atom. The van der Waals surface area contributed by atoms with Crippen LogP contribution in [-0.2, 0) is 37.9 Å². The van der Waals surface area contributed by atoms with Gasteiger partial charge in [-0.05, 0) is 173 Å². The van der Waals surface area contributed by atoms with Gasteiger partial charge in [-0.25, -0.2) is 0 Å². The van der Waals surface area contributed by atoms with Gasteiger partial charge in [-0.1, -0.05) is 159 Å². The number of nitrogens with zero attached hydrogens (tertiary/aromatic N) is 2. The first-order valence-electron chi connectivity index (χ1n) is 25.3. The van der Waals surface area contributed by atoms with Crippen LogP contribution >= 0.6 is 0 Å². The van der Waals surface area contributed by atoms with Crippen LogP contribution in [0, 0.1) is 0 Å². The zero-order valence-electron chi connectivity index (χ0n) is 43.0. The summed E-state index contributed by atoms with van der Waals surface area (Å²) in [6.45, 7) is 39.2. The van der Waals surface area contributed by atoms with Gasteiger partial charge in [0.25, 0.3) is 0 Å². The average Bonchev–Trinajstić information content (AvgIpc) is 3.70. The average molecular weight is 867 g/mol. The summed E-state index contributed by atoms with van der Waals surface area (Å²) >= 11 is 0. The van der Waals surface area contributed by atoms with E-state index in [1.54, 1.807) is 0 Å². The maximum atomic E-state index is 2.81. The topological polar surface area (TPSA) is 8.17 Å². The highest BCUT2D eigenvalue weighted by Gasteiger charge is 2.52. The molecule has 6 aromatic carbocycles. The highest BCUT2D eigenvalue weighted by atomic mass is 15.1. The Balaban J connectivity index is 1.35. The lowest BCUT2D eigenvalue weighted by Gasteiger charge is -2.47. The standard InChI is InChI=1S/C63H71BN2/c1-57(2,3)36-21-24-38(25-22-36)66-50-35-46-44(60(9,10)28-30-62(46,13)14)33-41(50)52-51-39-19-17-18-20-42(39)63(15,16)54(51)53-40-32-43-45(61(11,12)29-27-59(43,7)8)34-49(40)65-48-26-23-37(58(4,5)6)31-47(48)64(66)55(52)56(53)65/h17-26,31-35H,27-30H2,1-16H3. The molecule has 0 atom stereocenters. The molecule has 0 unspecified atom stereocenters. The second-order valence-electron chi connectivity index (χ2n) is 26.7. The SMILES string of the molecule is CC(C)(C)c1ccc(N2B3c4cc(C(C)(C)C)ccc4-n4c5cc6c(cc5c5c7c(c(c3c54)-c3cc4c(cc32)C(C)(C)CCC4(C)C)-c2ccccc2C7(C)C)C(C)(C)CCC6(C)C)cc1. The third-order valence-electron chi connectivity index (χ3n) is 18.2. The zero-order chi connectivity index (χ0) is 46.8. The van der Waals surface area contributed by atoms with E-state index in [9.17, 15) is 0 Å². The molecule has 0 spiro atoms. The molecule has 0 saturated carbocycles. The van der Waals surface area contributed by atoms with Crippen molar-refractivity contribution >= 4 is 51.0 Å². The van der Waals surface area contributed by atoms with E-state index in [1.165, 1.54) is 142 Å². The summed E-state index contributed by atoms with van der Waals surface area (Å²) in [5, 5.41) is 2.88. The minimum atomic E-state index is -0.216. The van der Waals surface area contributed by atoms with Crippen LogP contribution in [0.25, 0.3) is 49.7 Å². The van der Waals surface area contributed by atoms with Crippen molar-refractivity contribution in [1.82, 2.24) is 4.57 Å². The van der Waals surface area contributed by atoms with Crippen LogP contribution in [-0.4, -0.2) is 11.4 Å². The molecule has 66 heavy (non-hydrogen) atoms. The van der Waals surface area contributed by atoms with E-state index in [0.29, 0.717) is 0 Å². The minimum Gasteiger partial charge on any atom is -0.376 e. The van der Waals surface area contributed by atoms with Crippen LogP contribution in [0.2, 0.25) is 0 Å². The molecule has 3 heteroatoms. The Kier molecular flexibility index (Phi) is 8.17. The van der Waals surface area contributed by atoms with Crippen molar-refractivity contribution in [2.45, 2.75) is 174 Å². The monoisotopic (exact) mass is 867 g/mol. The largest absolute Gasteiger partial charge is 0.376 e. The predicted octanol–water partition coefficient (Wildman–Crippen LogP) is 15.6. The molecule has 0 fully saturated rings. The predicted molar refractivity (Wildman–Crippen MR) is 285 cm³/mol. The fraction of sp³-hybridized carbons (Fsp3) is 0.429. The van der Waals surface area contributed by atoms with Crippen molar-refractivity contribution in [2.75, 3.05) is 4.81 Å². The number of rotatable bonds is 1. The Hall–Kier alpha value is -5.02. The number of anilines is 2. The summed E-state index contributed by atoms with van der Waals surface area (Å²) in [5.41, 5.74) is 27.2. The van der Waals surface area contributed by atoms with Gasteiger partial charge in [0.05, 0.1) is 11.0 Å². The summed E-state index contributed by atoms with van der Waals surface area (Å²) in [4.78, 5) is 2.81. The van der Waals surface area contributed by atoms with Crippen molar-refractivity contribution in [3.8, 4) is 27.9 Å². The molecule has 2 nitrogen and oxygen atoms in total. The fourth-order valence-electron chi connectivity index (χ4n) is 13.8. The van der Waals surface area contributed by atoms with Gasteiger partial charge in [-0.2, -0.15) is 0 Å². The van der Waals surface area contributed by atoms with Gasteiger partial charge >= 0.3 is 6.85 Å². The molecule has 0 bridgehead atoms. The molecular weight excluding hydrogens is 796 g/mol. The molecule has 12 rings (SSSR count). The smallest absolute Gasteiger partial charge is 0.333 e. The van der Waals surface area contributed by atoms with E-state index in [1.807, 2.05) is 0 Å². The second-order valence-corrected chi connectivity index (χ2v) is 26.7. The highest BCUT2D eigenvalue weighted by molar-refractivity contribution is 6.94. The van der Waals surface area contributed by atoms with Crippen LogP contribution in [0.3, 0.4) is 0 Å². The molecule has 0 amide bonds. The lowest BCUT2D eigenvalue weighted by atomic mass is 9.43. The Morgan fingerprint density at radius 1 is 0.500 bits per heavy atom. The van der Waals surface area contributed by atoms with E-state index < -0.39 is 0 Å². The third kappa shape index (κ3) is 5.44. The molecule has 0 N–H and O–H groups in total. The lowest BCUT2D eigenvalue weighted by molar-refractivity contribution is 0.332. The summed E-state index contributed by atoms with van der Waals surface area (Å²) in [6.07, 6.45) is 4.75. The summed E-state index contributed by atoms with van der Waals surface area (Å²) in [6, 6.07) is 37.5. The third-order valence-corrected chi connectivity index (χ3v) is 18.2. The lowest BCUT2D eigenvalue weighted by Crippen LogP contribution is -2.61. The molecule has 0 saturated heterocycles. The van der Waals surface area contributed by atoms with Gasteiger partial charge in [0, 0.05) is 38.8 Å². The molecule has 0 radical (unpaired) electrons. The fourth-order valence-corrected chi connectivity index (χ4v) is 13.8. The first kappa shape index (κ1) is 42.3. The second kappa shape index (κ2) is 12.7. The molecule has 1 aromatic heterocycles. The molecule has 336 valence electrons. The number of hydrogen-bond acceptors (Lipinski definition) is 1. The first-order chi connectivity index (χ1) is 30.7. The Bertz CT molecular complexity index is 3290. The van der Waals surface area contributed by atoms with Gasteiger partial charge in [0.2, 0.25) is 0 Å². The van der Waals surface area contributed by atoms with Crippen LogP contribution in [0.1, 0.15) is 181 Å². The number of aromatic nitrogens is 1. The van der Waals surface area contributed by atoms with Gasteiger partial charge in [-0.15, -0.1) is 0 Å². The van der Waals surface area contributed by atoms with Gasteiger partial charge in [0.15, 0.2) is 0 Å². The van der Waals surface area contributed by atoms with Gasteiger partial charge < -0.3 is 9.38 Å². The summed E-state index contributed by atoms with van der Waals surface area (Å²) in [5.74, 6) is 0. The zero-order valence-corrected chi connectivity index (χ0v) is 43.0. The quantitative estimate of drug-likeness (QED) is 0.149. The number of benzene rings is 6. The van der Waals surface area contributed by atoms with Gasteiger partial charge in [0.1, 0.15) is 0 Å². The van der Waals surface area contributed by atoms with E-state index in [0.717, 1.165) is 0 Å². The van der Waals surface area contributed by atoms with E-state index >= 15 is 0 Å². The molecule has 5 aliphatic rings. The molecule has 7 aromatic rings. The summed E-state index contributed by atoms with van der Waals surface area (Å²) in [7, 11) is 0.